The fraction of sp³-hybridized carbons (Fsp3) is 0.333. The van der Waals surface area contributed by atoms with Crippen molar-refractivity contribution in [3.63, 3.8) is 0 Å². The number of likely N-dealkylation sites (tertiary alicyclic amines) is 1. The highest BCUT2D eigenvalue weighted by atomic mass is 32.1. The van der Waals surface area contributed by atoms with Crippen LogP contribution in [0.5, 0.6) is 0 Å². The summed E-state index contributed by atoms with van der Waals surface area (Å²) < 4.78 is 19.4. The van der Waals surface area contributed by atoms with Crippen molar-refractivity contribution in [2.75, 3.05) is 25.5 Å². The lowest BCUT2D eigenvalue weighted by Crippen LogP contribution is -2.50. The van der Waals surface area contributed by atoms with Gasteiger partial charge in [-0.05, 0) is 60.5 Å². The van der Waals surface area contributed by atoms with E-state index >= 15 is 0 Å². The first-order valence-electron chi connectivity index (χ1n) is 12.3. The Kier molecular flexibility index (Phi) is 6.16. The maximum absolute atomic E-state index is 14.1. The normalized spacial score (nSPS) is 20.5. The zero-order chi connectivity index (χ0) is 25.7. The first-order chi connectivity index (χ1) is 17.9. The molecule has 0 unspecified atom stereocenters. The average Bonchev–Trinajstić information content (AvgIpc) is 3.68. The third kappa shape index (κ3) is 4.27. The number of halogens is 1. The van der Waals surface area contributed by atoms with Crippen LogP contribution in [0.25, 0.3) is 20.5 Å². The fourth-order valence-corrected chi connectivity index (χ4v) is 7.35. The Morgan fingerprint density at radius 1 is 1.14 bits per heavy atom. The summed E-state index contributed by atoms with van der Waals surface area (Å²) >= 11 is 2.69. The molecular weight excluding hydrogens is 509 g/mol. The van der Waals surface area contributed by atoms with Crippen LogP contribution in [-0.4, -0.2) is 58.8 Å². The number of fused-ring (bicyclic) bond motifs is 3. The highest BCUT2D eigenvalue weighted by Crippen LogP contribution is 2.44. The maximum atomic E-state index is 14.1. The second kappa shape index (κ2) is 9.50. The third-order valence-corrected chi connectivity index (χ3v) is 9.43. The van der Waals surface area contributed by atoms with Crippen LogP contribution in [0.2, 0.25) is 0 Å². The number of piperidine rings is 1. The number of anilines is 1. The van der Waals surface area contributed by atoms with Gasteiger partial charge in [-0.1, -0.05) is 41.7 Å². The molecule has 190 valence electrons. The van der Waals surface area contributed by atoms with Crippen molar-refractivity contribution in [3.05, 3.63) is 65.7 Å². The van der Waals surface area contributed by atoms with Crippen molar-refractivity contribution >= 4 is 49.9 Å². The van der Waals surface area contributed by atoms with Gasteiger partial charge in [0.2, 0.25) is 0 Å². The molecule has 1 saturated heterocycles. The smallest absolute Gasteiger partial charge is 0.274 e. The Bertz CT molecular complexity index is 1500. The molecule has 6 rings (SSSR count). The highest BCUT2D eigenvalue weighted by molar-refractivity contribution is 7.19. The lowest BCUT2D eigenvalue weighted by molar-refractivity contribution is 0.0577. The summed E-state index contributed by atoms with van der Waals surface area (Å²) in [6.45, 7) is 0.359. The van der Waals surface area contributed by atoms with E-state index in [0.717, 1.165) is 29.3 Å². The van der Waals surface area contributed by atoms with Crippen LogP contribution in [-0.2, 0) is 0 Å². The molecule has 0 radical (unpaired) electrons. The maximum Gasteiger partial charge on any atom is 0.274 e. The van der Waals surface area contributed by atoms with Gasteiger partial charge in [-0.2, -0.15) is 4.37 Å². The molecule has 2 aromatic carbocycles. The molecule has 1 N–H and O–H groups in total. The molecule has 7 nitrogen and oxygen atoms in total. The van der Waals surface area contributed by atoms with Crippen molar-refractivity contribution in [3.8, 4) is 10.4 Å². The number of hydrogen-bond acceptors (Lipinski definition) is 7. The van der Waals surface area contributed by atoms with Gasteiger partial charge in [0.1, 0.15) is 17.2 Å². The average molecular weight is 536 g/mol. The van der Waals surface area contributed by atoms with E-state index in [2.05, 4.69) is 14.7 Å². The molecule has 37 heavy (non-hydrogen) atoms. The van der Waals surface area contributed by atoms with Crippen LogP contribution >= 0.6 is 22.9 Å². The van der Waals surface area contributed by atoms with Crippen molar-refractivity contribution in [1.29, 1.82) is 0 Å². The number of nitrogens with one attached hydrogen (secondary N) is 1. The first-order valence-corrected chi connectivity index (χ1v) is 13.9. The Hall–Kier alpha value is -3.37. The molecule has 3 heterocycles. The predicted octanol–water partition coefficient (Wildman–Crippen LogP) is 5.05. The Morgan fingerprint density at radius 3 is 2.78 bits per heavy atom. The lowest BCUT2D eigenvalue weighted by atomic mass is 9.98. The van der Waals surface area contributed by atoms with E-state index in [1.807, 2.05) is 48.2 Å². The van der Waals surface area contributed by atoms with Gasteiger partial charge in [0.25, 0.3) is 11.8 Å². The van der Waals surface area contributed by atoms with Crippen LogP contribution in [0.1, 0.15) is 40.2 Å². The number of thiazole rings is 1. The number of carbonyl (C=O) groups excluding carboxylic acids is 2. The van der Waals surface area contributed by atoms with E-state index in [4.69, 9.17) is 0 Å². The quantitative estimate of drug-likeness (QED) is 0.374. The van der Waals surface area contributed by atoms with Crippen LogP contribution in [0.15, 0.2) is 48.5 Å². The molecule has 0 spiro atoms. The van der Waals surface area contributed by atoms with Gasteiger partial charge in [0.05, 0.1) is 15.6 Å². The first kappa shape index (κ1) is 24.0. The Morgan fingerprint density at radius 2 is 1.97 bits per heavy atom. The number of rotatable bonds is 6. The molecule has 2 fully saturated rings. The Labute approximate surface area is 222 Å². The molecule has 10 heteroatoms. The van der Waals surface area contributed by atoms with Gasteiger partial charge in [0.15, 0.2) is 5.13 Å². The summed E-state index contributed by atoms with van der Waals surface area (Å²) in [7, 11) is 3.75. The number of hydrogen-bond donors (Lipinski definition) is 1. The fourth-order valence-electron chi connectivity index (χ4n) is 5.60. The molecule has 2 bridgehead atoms. The zero-order valence-electron chi connectivity index (χ0n) is 20.5. The minimum Gasteiger partial charge on any atom is -0.354 e. The Balaban J connectivity index is 1.28. The topological polar surface area (TPSA) is 78.4 Å². The second-order valence-electron chi connectivity index (χ2n) is 9.82. The van der Waals surface area contributed by atoms with Crippen LogP contribution in [0.3, 0.4) is 0 Å². The van der Waals surface area contributed by atoms with Crippen LogP contribution < -0.4 is 10.2 Å². The highest BCUT2D eigenvalue weighted by Gasteiger charge is 2.49. The number of benzene rings is 2. The summed E-state index contributed by atoms with van der Waals surface area (Å²) in [5.41, 5.74) is 1.40. The van der Waals surface area contributed by atoms with E-state index in [1.165, 1.54) is 35.0 Å². The van der Waals surface area contributed by atoms with Crippen molar-refractivity contribution in [2.24, 2.45) is 5.92 Å². The summed E-state index contributed by atoms with van der Waals surface area (Å²) in [5.74, 6) is -0.414. The molecule has 1 aliphatic heterocycles. The summed E-state index contributed by atoms with van der Waals surface area (Å²) in [5, 5.41) is 4.58. The standard InChI is InChI=1S/C27H26FN5O2S2/c1-32(2)27-30-23(24(36-27)16-6-5-7-17(28)12-16)26(35)33-18-11-10-15(13-18)20(33)14-29-25(34)22-19-8-3-4-9-21(19)37-31-22/h3-9,12,15,18,20H,10-11,13-14H2,1-2H3,(H,29,34)/t15-,18+,20+/m0/s1. The van der Waals surface area contributed by atoms with E-state index in [0.29, 0.717) is 39.4 Å². The van der Waals surface area contributed by atoms with E-state index in [-0.39, 0.29) is 29.7 Å². The van der Waals surface area contributed by atoms with Crippen LogP contribution in [0.4, 0.5) is 9.52 Å². The SMILES string of the molecule is CN(C)c1nc(C(=O)N2[C@@H]3CC[C@@H](C3)[C@H]2CNC(=O)c2nsc3ccccc23)c(-c2cccc(F)c2)s1. The van der Waals surface area contributed by atoms with E-state index in [9.17, 15) is 14.0 Å². The summed E-state index contributed by atoms with van der Waals surface area (Å²) in [6, 6.07) is 14.0. The van der Waals surface area contributed by atoms with Crippen molar-refractivity contribution in [2.45, 2.75) is 31.3 Å². The molecule has 1 saturated carbocycles. The third-order valence-electron chi connectivity index (χ3n) is 7.33. The van der Waals surface area contributed by atoms with Crippen molar-refractivity contribution in [1.82, 2.24) is 19.6 Å². The minimum absolute atomic E-state index is 0.115. The summed E-state index contributed by atoms with van der Waals surface area (Å²) in [6.07, 6.45) is 2.90. The van der Waals surface area contributed by atoms with Gasteiger partial charge in [-0.3, -0.25) is 9.59 Å². The van der Waals surface area contributed by atoms with Gasteiger partial charge in [-0.15, -0.1) is 0 Å². The zero-order valence-corrected chi connectivity index (χ0v) is 22.1. The van der Waals surface area contributed by atoms with E-state index in [1.54, 1.807) is 12.1 Å². The predicted molar refractivity (Wildman–Crippen MR) is 145 cm³/mol. The lowest BCUT2D eigenvalue weighted by Gasteiger charge is -2.35. The largest absolute Gasteiger partial charge is 0.354 e. The molecule has 1 aliphatic carbocycles. The molecule has 3 atom stereocenters. The molecule has 2 aromatic heterocycles. The molecule has 2 aliphatic rings. The monoisotopic (exact) mass is 535 g/mol. The van der Waals surface area contributed by atoms with Gasteiger partial charge < -0.3 is 15.1 Å². The summed E-state index contributed by atoms with van der Waals surface area (Å²) in [4.78, 5) is 36.2. The van der Waals surface area contributed by atoms with E-state index < -0.39 is 0 Å². The van der Waals surface area contributed by atoms with Gasteiger partial charge >= 0.3 is 0 Å². The minimum atomic E-state index is -0.355. The number of amides is 2. The molecule has 4 aromatic rings. The second-order valence-corrected chi connectivity index (χ2v) is 11.6. The van der Waals surface area contributed by atoms with Gasteiger partial charge in [-0.25, -0.2) is 9.37 Å². The van der Waals surface area contributed by atoms with Gasteiger partial charge in [0, 0.05) is 32.1 Å². The number of carbonyl (C=O) groups is 2. The molecule has 2 amide bonds. The van der Waals surface area contributed by atoms with Crippen molar-refractivity contribution < 1.29 is 14.0 Å². The van der Waals surface area contributed by atoms with Crippen LogP contribution in [0, 0.1) is 11.7 Å². The molecular formula is C27H26FN5O2S2. The number of aromatic nitrogens is 2. The number of nitrogens with zero attached hydrogens (tertiary/aromatic N) is 4.